The molecule has 1 fully saturated rings. The Hall–Kier alpha value is -1.21. The molecule has 0 aliphatic carbocycles. The zero-order valence-corrected chi connectivity index (χ0v) is 11.4. The van der Waals surface area contributed by atoms with Gasteiger partial charge < -0.3 is 5.73 Å². The van der Waals surface area contributed by atoms with Gasteiger partial charge in [0.2, 0.25) is 10.0 Å². The molecule has 1 aliphatic heterocycles. The highest BCUT2D eigenvalue weighted by molar-refractivity contribution is 7.89. The average molecular weight is 290 g/mol. The highest BCUT2D eigenvalue weighted by Gasteiger charge is 2.33. The first-order chi connectivity index (χ1) is 8.86. The number of rotatable bonds is 3. The van der Waals surface area contributed by atoms with E-state index in [0.29, 0.717) is 19.2 Å². The molecule has 0 bridgehead atoms. The lowest BCUT2D eigenvalue weighted by Crippen LogP contribution is -2.29. The van der Waals surface area contributed by atoms with Crippen LogP contribution in [-0.2, 0) is 10.0 Å². The SMILES string of the molecule is CCC1CCN(S(=O)(=O)c2cc(N)c(F)cc2F)C1. The molecular weight excluding hydrogens is 274 g/mol. The van der Waals surface area contributed by atoms with Crippen LogP contribution in [-0.4, -0.2) is 25.8 Å². The first-order valence-electron chi connectivity index (χ1n) is 6.11. The number of hydrogen-bond donors (Lipinski definition) is 1. The van der Waals surface area contributed by atoms with Crippen LogP contribution in [0.15, 0.2) is 17.0 Å². The van der Waals surface area contributed by atoms with E-state index in [1.807, 2.05) is 6.92 Å². The van der Waals surface area contributed by atoms with Crippen molar-refractivity contribution in [3.63, 3.8) is 0 Å². The lowest BCUT2D eigenvalue weighted by molar-refractivity contribution is 0.447. The highest BCUT2D eigenvalue weighted by atomic mass is 32.2. The molecule has 1 atom stereocenters. The summed E-state index contributed by atoms with van der Waals surface area (Å²) in [6.45, 7) is 2.71. The Morgan fingerprint density at radius 2 is 2.05 bits per heavy atom. The smallest absolute Gasteiger partial charge is 0.246 e. The minimum Gasteiger partial charge on any atom is -0.396 e. The molecule has 106 valence electrons. The quantitative estimate of drug-likeness (QED) is 0.866. The van der Waals surface area contributed by atoms with Crippen LogP contribution in [0.2, 0.25) is 0 Å². The Morgan fingerprint density at radius 3 is 2.63 bits per heavy atom. The Balaban J connectivity index is 2.38. The maximum Gasteiger partial charge on any atom is 0.246 e. The number of nitrogens with zero attached hydrogens (tertiary/aromatic N) is 1. The molecule has 2 rings (SSSR count). The Kier molecular flexibility index (Phi) is 3.78. The molecule has 19 heavy (non-hydrogen) atoms. The Morgan fingerprint density at radius 1 is 1.37 bits per heavy atom. The molecule has 7 heteroatoms. The number of nitrogens with two attached hydrogens (primary N) is 1. The molecule has 1 saturated heterocycles. The summed E-state index contributed by atoms with van der Waals surface area (Å²) in [4.78, 5) is -0.553. The Labute approximate surface area is 111 Å². The maximum atomic E-state index is 13.7. The Bertz CT molecular complexity index is 590. The zero-order chi connectivity index (χ0) is 14.2. The van der Waals surface area contributed by atoms with E-state index in [1.54, 1.807) is 0 Å². The third-order valence-corrected chi connectivity index (χ3v) is 5.38. The summed E-state index contributed by atoms with van der Waals surface area (Å²) in [6.07, 6.45) is 1.63. The van der Waals surface area contributed by atoms with Crippen molar-refractivity contribution < 1.29 is 17.2 Å². The highest BCUT2D eigenvalue weighted by Crippen LogP contribution is 2.29. The fourth-order valence-corrected chi connectivity index (χ4v) is 3.84. The van der Waals surface area contributed by atoms with Gasteiger partial charge >= 0.3 is 0 Å². The van der Waals surface area contributed by atoms with Crippen LogP contribution < -0.4 is 5.73 Å². The molecule has 2 N–H and O–H groups in total. The average Bonchev–Trinajstić information content (AvgIpc) is 2.83. The molecule has 1 unspecified atom stereocenters. The van der Waals surface area contributed by atoms with Crippen molar-refractivity contribution >= 4 is 15.7 Å². The minimum absolute atomic E-state index is 0.288. The van der Waals surface area contributed by atoms with Crippen molar-refractivity contribution in [1.82, 2.24) is 4.31 Å². The van der Waals surface area contributed by atoms with Crippen molar-refractivity contribution in [3.8, 4) is 0 Å². The molecule has 0 aromatic heterocycles. The standard InChI is InChI=1S/C12H16F2N2O2S/c1-2-8-3-4-16(7-8)19(17,18)12-6-11(15)9(13)5-10(12)14/h5-6,8H,2-4,7,15H2,1H3. The third-order valence-electron chi connectivity index (χ3n) is 3.49. The summed E-state index contributed by atoms with van der Waals surface area (Å²) in [7, 11) is -3.94. The number of anilines is 1. The van der Waals surface area contributed by atoms with Gasteiger partial charge in [0.25, 0.3) is 0 Å². The maximum absolute atomic E-state index is 13.7. The molecule has 4 nitrogen and oxygen atoms in total. The van der Waals surface area contributed by atoms with Crippen LogP contribution in [0, 0.1) is 17.6 Å². The largest absolute Gasteiger partial charge is 0.396 e. The lowest BCUT2D eigenvalue weighted by Gasteiger charge is -2.17. The van der Waals surface area contributed by atoms with Crippen molar-refractivity contribution in [2.24, 2.45) is 5.92 Å². The van der Waals surface area contributed by atoms with Gasteiger partial charge in [0.15, 0.2) is 0 Å². The number of hydrogen-bond acceptors (Lipinski definition) is 3. The van der Waals surface area contributed by atoms with Crippen molar-refractivity contribution in [2.45, 2.75) is 24.7 Å². The number of sulfonamides is 1. The van der Waals surface area contributed by atoms with E-state index in [1.165, 1.54) is 4.31 Å². The molecule has 1 aliphatic rings. The molecule has 0 saturated carbocycles. The predicted octanol–water partition coefficient (Wildman–Crippen LogP) is 1.97. The normalized spacial score (nSPS) is 20.9. The number of nitrogen functional groups attached to an aromatic ring is 1. The van der Waals surface area contributed by atoms with Crippen LogP contribution >= 0.6 is 0 Å². The zero-order valence-electron chi connectivity index (χ0n) is 10.6. The molecule has 1 aromatic rings. The second-order valence-electron chi connectivity index (χ2n) is 4.73. The van der Waals surface area contributed by atoms with Gasteiger partial charge in [-0.15, -0.1) is 0 Å². The van der Waals surface area contributed by atoms with E-state index in [2.05, 4.69) is 0 Å². The molecule has 0 amide bonds. The van der Waals surface area contributed by atoms with Gasteiger partial charge in [-0.05, 0) is 18.4 Å². The van der Waals surface area contributed by atoms with Crippen LogP contribution in [0.5, 0.6) is 0 Å². The monoisotopic (exact) mass is 290 g/mol. The molecule has 1 heterocycles. The van der Waals surface area contributed by atoms with Crippen LogP contribution in [0.25, 0.3) is 0 Å². The fourth-order valence-electron chi connectivity index (χ4n) is 2.23. The molecule has 1 aromatic carbocycles. The van der Waals surface area contributed by atoms with E-state index in [9.17, 15) is 17.2 Å². The summed E-state index contributed by atoms with van der Waals surface area (Å²) in [6, 6.07) is 1.36. The van der Waals surface area contributed by atoms with Crippen LogP contribution in [0.1, 0.15) is 19.8 Å². The molecular formula is C12H16F2N2O2S. The number of halogens is 2. The topological polar surface area (TPSA) is 63.4 Å². The summed E-state index contributed by atoms with van der Waals surface area (Å²) < 4.78 is 52.5. The summed E-state index contributed by atoms with van der Waals surface area (Å²) in [5, 5.41) is 0. The second-order valence-corrected chi connectivity index (χ2v) is 6.64. The van der Waals surface area contributed by atoms with Crippen molar-refractivity contribution in [3.05, 3.63) is 23.8 Å². The van der Waals surface area contributed by atoms with Crippen molar-refractivity contribution in [1.29, 1.82) is 0 Å². The van der Waals surface area contributed by atoms with Gasteiger partial charge in [-0.25, -0.2) is 17.2 Å². The van der Waals surface area contributed by atoms with Gasteiger partial charge in [0.1, 0.15) is 16.5 Å². The van der Waals surface area contributed by atoms with Gasteiger partial charge in [-0.3, -0.25) is 0 Å². The summed E-state index contributed by atoms with van der Waals surface area (Å²) >= 11 is 0. The fraction of sp³-hybridized carbons (Fsp3) is 0.500. The lowest BCUT2D eigenvalue weighted by atomic mass is 10.1. The van der Waals surface area contributed by atoms with Gasteiger partial charge in [-0.2, -0.15) is 4.31 Å². The van der Waals surface area contributed by atoms with E-state index >= 15 is 0 Å². The van der Waals surface area contributed by atoms with Gasteiger partial charge in [0, 0.05) is 19.2 Å². The van der Waals surface area contributed by atoms with Crippen molar-refractivity contribution in [2.75, 3.05) is 18.8 Å². The minimum atomic E-state index is -3.94. The van der Waals surface area contributed by atoms with Gasteiger partial charge in [-0.1, -0.05) is 13.3 Å². The molecule has 0 radical (unpaired) electrons. The van der Waals surface area contributed by atoms with E-state index in [4.69, 9.17) is 5.73 Å². The predicted molar refractivity (Wildman–Crippen MR) is 67.9 cm³/mol. The summed E-state index contributed by atoms with van der Waals surface area (Å²) in [5.74, 6) is -1.77. The number of benzene rings is 1. The van der Waals surface area contributed by atoms with E-state index in [0.717, 1.165) is 18.9 Å². The van der Waals surface area contributed by atoms with E-state index < -0.39 is 26.6 Å². The first kappa shape index (κ1) is 14.2. The van der Waals surface area contributed by atoms with Crippen LogP contribution in [0.3, 0.4) is 0 Å². The van der Waals surface area contributed by atoms with Crippen LogP contribution in [0.4, 0.5) is 14.5 Å². The second kappa shape index (κ2) is 5.05. The first-order valence-corrected chi connectivity index (χ1v) is 7.55. The van der Waals surface area contributed by atoms with Gasteiger partial charge in [0.05, 0.1) is 5.69 Å². The third kappa shape index (κ3) is 2.57. The van der Waals surface area contributed by atoms with E-state index in [-0.39, 0.29) is 11.6 Å². The molecule has 0 spiro atoms. The summed E-state index contributed by atoms with van der Waals surface area (Å²) in [5.41, 5.74) is 4.94.